The molecule has 8 heteroatoms. The molecule has 0 atom stereocenters. The molecule has 0 N–H and O–H groups in total. The maximum Gasteiger partial charge on any atom is 0.331 e. The molecule has 3 aromatic rings. The summed E-state index contributed by atoms with van der Waals surface area (Å²) in [6.07, 6.45) is 4.66. The molecule has 1 fully saturated rings. The van der Waals surface area contributed by atoms with E-state index in [4.69, 9.17) is 4.74 Å². The number of carbonyl (C=O) groups excluding carboxylic acids is 2. The minimum absolute atomic E-state index is 0.232. The summed E-state index contributed by atoms with van der Waals surface area (Å²) in [6, 6.07) is 7.86. The van der Waals surface area contributed by atoms with E-state index in [1.807, 2.05) is 6.20 Å². The molecule has 0 spiro atoms. The lowest BCUT2D eigenvalue weighted by Crippen LogP contribution is -2.44. The fourth-order valence-corrected chi connectivity index (χ4v) is 4.19. The molecule has 7 nitrogen and oxygen atoms in total. The van der Waals surface area contributed by atoms with Crippen LogP contribution in [0, 0.1) is 5.82 Å². The van der Waals surface area contributed by atoms with Crippen molar-refractivity contribution in [1.82, 2.24) is 19.7 Å². The van der Waals surface area contributed by atoms with Gasteiger partial charge in [0.1, 0.15) is 17.1 Å². The van der Waals surface area contributed by atoms with Gasteiger partial charge in [-0.2, -0.15) is 5.10 Å². The number of nitrogens with zero attached hydrogens (tertiary/aromatic N) is 4. The lowest BCUT2D eigenvalue weighted by molar-refractivity contribution is -0.147. The molecule has 0 bridgehead atoms. The van der Waals surface area contributed by atoms with Gasteiger partial charge in [0.15, 0.2) is 0 Å². The zero-order valence-electron chi connectivity index (χ0n) is 16.6. The van der Waals surface area contributed by atoms with E-state index in [1.165, 1.54) is 19.2 Å². The Morgan fingerprint density at radius 1 is 1.17 bits per heavy atom. The largest absolute Gasteiger partial charge is 0.467 e. The summed E-state index contributed by atoms with van der Waals surface area (Å²) in [5, 5.41) is 4.53. The van der Waals surface area contributed by atoms with Gasteiger partial charge in [-0.1, -0.05) is 0 Å². The molecule has 1 aliphatic heterocycles. The first-order valence-electron chi connectivity index (χ1n) is 9.63. The first-order chi connectivity index (χ1) is 14.4. The maximum absolute atomic E-state index is 13.4. The Morgan fingerprint density at radius 3 is 2.57 bits per heavy atom. The Bertz CT molecular complexity index is 1180. The first-order valence-corrected chi connectivity index (χ1v) is 9.63. The van der Waals surface area contributed by atoms with Crippen molar-refractivity contribution < 1.29 is 18.7 Å². The molecule has 0 radical (unpaired) electrons. The van der Waals surface area contributed by atoms with Crippen molar-refractivity contribution in [2.75, 3.05) is 7.11 Å². The molecule has 2 aromatic heterocycles. The van der Waals surface area contributed by atoms with Gasteiger partial charge >= 0.3 is 5.97 Å². The molecule has 0 saturated heterocycles. The average Bonchev–Trinajstić information content (AvgIpc) is 3.36. The van der Waals surface area contributed by atoms with Crippen LogP contribution in [-0.2, 0) is 23.1 Å². The van der Waals surface area contributed by atoms with Crippen LogP contribution in [0.25, 0.3) is 22.4 Å². The van der Waals surface area contributed by atoms with Gasteiger partial charge in [0.05, 0.1) is 24.9 Å². The number of hydrogen-bond donors (Lipinski definition) is 0. The van der Waals surface area contributed by atoms with Crippen LogP contribution in [0.3, 0.4) is 0 Å². The molecule has 1 aromatic carbocycles. The van der Waals surface area contributed by atoms with Crippen molar-refractivity contribution in [3.8, 4) is 22.4 Å². The number of halogens is 1. The van der Waals surface area contributed by atoms with E-state index in [0.717, 1.165) is 11.1 Å². The lowest BCUT2D eigenvalue weighted by Gasteiger charge is -2.24. The Morgan fingerprint density at radius 2 is 1.90 bits per heavy atom. The average molecular weight is 406 g/mol. The molecule has 1 aliphatic carbocycles. The number of methoxy groups -OCH3 is 1. The molecule has 1 saturated carbocycles. The Kier molecular flexibility index (Phi) is 3.99. The van der Waals surface area contributed by atoms with Crippen molar-refractivity contribution in [2.24, 2.45) is 7.05 Å². The summed E-state index contributed by atoms with van der Waals surface area (Å²) >= 11 is 0. The minimum atomic E-state index is -0.890. The van der Waals surface area contributed by atoms with Crippen molar-refractivity contribution in [3.63, 3.8) is 0 Å². The lowest BCUT2D eigenvalue weighted by atomic mass is 9.97. The summed E-state index contributed by atoms with van der Waals surface area (Å²) in [6.45, 7) is 0.267. The minimum Gasteiger partial charge on any atom is -0.467 e. The highest BCUT2D eigenvalue weighted by atomic mass is 19.1. The number of aryl methyl sites for hydroxylation is 1. The van der Waals surface area contributed by atoms with Crippen LogP contribution in [0.1, 0.15) is 28.9 Å². The molecule has 2 aliphatic rings. The third kappa shape index (κ3) is 2.63. The SMILES string of the molecule is COC(=O)C1(N2Cc3nccc(-c4cn(C)nc4-c4ccc(F)cc4)c3C2=O)CC1. The topological polar surface area (TPSA) is 77.3 Å². The smallest absolute Gasteiger partial charge is 0.331 e. The number of aromatic nitrogens is 3. The van der Waals surface area contributed by atoms with Gasteiger partial charge in [0, 0.05) is 36.1 Å². The molecule has 0 unspecified atom stereocenters. The normalized spacial score (nSPS) is 16.5. The highest BCUT2D eigenvalue weighted by molar-refractivity contribution is 6.07. The Balaban J connectivity index is 1.61. The number of rotatable bonds is 4. The van der Waals surface area contributed by atoms with E-state index in [0.29, 0.717) is 35.4 Å². The molecule has 5 rings (SSSR count). The third-order valence-electron chi connectivity index (χ3n) is 5.84. The fourth-order valence-electron chi connectivity index (χ4n) is 4.19. The number of hydrogen-bond acceptors (Lipinski definition) is 5. The van der Waals surface area contributed by atoms with Crippen molar-refractivity contribution in [3.05, 3.63) is 59.8 Å². The molecule has 30 heavy (non-hydrogen) atoms. The van der Waals surface area contributed by atoms with Gasteiger partial charge in [-0.3, -0.25) is 14.5 Å². The van der Waals surface area contributed by atoms with Gasteiger partial charge < -0.3 is 9.64 Å². The van der Waals surface area contributed by atoms with Gasteiger partial charge in [0.25, 0.3) is 5.91 Å². The maximum atomic E-state index is 13.4. The summed E-state index contributed by atoms with van der Waals surface area (Å²) in [4.78, 5) is 31.7. The molecule has 1 amide bonds. The van der Waals surface area contributed by atoms with E-state index >= 15 is 0 Å². The summed E-state index contributed by atoms with van der Waals surface area (Å²) < 4.78 is 20.0. The number of fused-ring (bicyclic) bond motifs is 1. The van der Waals surface area contributed by atoms with E-state index in [9.17, 15) is 14.0 Å². The van der Waals surface area contributed by atoms with Gasteiger partial charge in [-0.15, -0.1) is 0 Å². The van der Waals surface area contributed by atoms with Crippen LogP contribution in [0.4, 0.5) is 4.39 Å². The van der Waals surface area contributed by atoms with E-state index in [-0.39, 0.29) is 18.3 Å². The number of benzene rings is 1. The van der Waals surface area contributed by atoms with Crippen LogP contribution in [0.2, 0.25) is 0 Å². The summed E-state index contributed by atoms with van der Waals surface area (Å²) in [7, 11) is 3.13. The Labute approximate surface area is 172 Å². The first kappa shape index (κ1) is 18.5. The van der Waals surface area contributed by atoms with Crippen LogP contribution >= 0.6 is 0 Å². The second-order valence-corrected chi connectivity index (χ2v) is 7.67. The number of carbonyl (C=O) groups is 2. The van der Waals surface area contributed by atoms with Gasteiger partial charge in [-0.05, 0) is 43.2 Å². The molecular weight excluding hydrogens is 387 g/mol. The number of pyridine rings is 1. The quantitative estimate of drug-likeness (QED) is 0.623. The number of ether oxygens (including phenoxy) is 1. The fraction of sp³-hybridized carbons (Fsp3) is 0.273. The van der Waals surface area contributed by atoms with Crippen LogP contribution in [-0.4, -0.2) is 44.2 Å². The monoisotopic (exact) mass is 406 g/mol. The van der Waals surface area contributed by atoms with E-state index in [1.54, 1.807) is 41.0 Å². The molecule has 3 heterocycles. The van der Waals surface area contributed by atoms with E-state index < -0.39 is 11.5 Å². The van der Waals surface area contributed by atoms with Crippen LogP contribution in [0.5, 0.6) is 0 Å². The third-order valence-corrected chi connectivity index (χ3v) is 5.84. The Hall–Kier alpha value is -3.55. The predicted molar refractivity (Wildman–Crippen MR) is 106 cm³/mol. The van der Waals surface area contributed by atoms with E-state index in [2.05, 4.69) is 10.1 Å². The second kappa shape index (κ2) is 6.48. The van der Waals surface area contributed by atoms with Crippen molar-refractivity contribution >= 4 is 11.9 Å². The van der Waals surface area contributed by atoms with Crippen molar-refractivity contribution in [2.45, 2.75) is 24.9 Å². The molecular formula is C22H19FN4O3. The van der Waals surface area contributed by atoms with Crippen molar-refractivity contribution in [1.29, 1.82) is 0 Å². The number of amides is 1. The summed E-state index contributed by atoms with van der Waals surface area (Å²) in [5.74, 6) is -0.951. The highest BCUT2D eigenvalue weighted by Gasteiger charge is 2.59. The second-order valence-electron chi connectivity index (χ2n) is 7.67. The van der Waals surface area contributed by atoms with Crippen LogP contribution < -0.4 is 0 Å². The predicted octanol–water partition coefficient (Wildman–Crippen LogP) is 2.95. The summed E-state index contributed by atoms with van der Waals surface area (Å²) in [5.41, 5.74) is 3.05. The highest BCUT2D eigenvalue weighted by Crippen LogP contribution is 2.48. The zero-order chi connectivity index (χ0) is 21.0. The number of esters is 1. The molecule has 152 valence electrons. The van der Waals surface area contributed by atoms with Crippen LogP contribution in [0.15, 0.2) is 42.7 Å². The zero-order valence-corrected chi connectivity index (χ0v) is 16.6. The van der Waals surface area contributed by atoms with Gasteiger partial charge in [-0.25, -0.2) is 9.18 Å². The standard InChI is InChI=1S/C22H19FN4O3/c1-26-11-16(19(25-26)13-3-5-14(23)6-4-13)15-7-10-24-17-12-27(20(28)18(15)17)22(8-9-22)21(29)30-2/h3-7,10-11H,8-9,12H2,1-2H3. The van der Waals surface area contributed by atoms with Gasteiger partial charge in [0.2, 0.25) is 0 Å².